The summed E-state index contributed by atoms with van der Waals surface area (Å²) in [6, 6.07) is 1.86. The van der Waals surface area contributed by atoms with Gasteiger partial charge in [0.1, 0.15) is 17.5 Å². The van der Waals surface area contributed by atoms with E-state index in [2.05, 4.69) is 9.97 Å². The van der Waals surface area contributed by atoms with Crippen molar-refractivity contribution in [1.82, 2.24) is 14.5 Å². The lowest BCUT2D eigenvalue weighted by Gasteiger charge is -2.29. The van der Waals surface area contributed by atoms with Gasteiger partial charge in [-0.05, 0) is 12.1 Å². The maximum Gasteiger partial charge on any atom is 0.416 e. The van der Waals surface area contributed by atoms with Crippen LogP contribution in [0.15, 0.2) is 24.5 Å². The molecule has 2 aromatic rings. The van der Waals surface area contributed by atoms with E-state index in [1.165, 1.54) is 0 Å². The average Bonchev–Trinajstić information content (AvgIpc) is 2.84. The zero-order chi connectivity index (χ0) is 14.3. The van der Waals surface area contributed by atoms with Gasteiger partial charge < -0.3 is 15.2 Å². The Morgan fingerprint density at radius 1 is 1.20 bits per heavy atom. The molecule has 3 rings (SSSR count). The van der Waals surface area contributed by atoms with Gasteiger partial charge in [0.2, 0.25) is 0 Å². The normalized spacial score (nSPS) is 15.2. The number of anilines is 2. The van der Waals surface area contributed by atoms with Crippen molar-refractivity contribution in [3.63, 3.8) is 0 Å². The van der Waals surface area contributed by atoms with Crippen molar-refractivity contribution in [2.45, 2.75) is 19.3 Å². The second-order valence-electron chi connectivity index (χ2n) is 4.60. The fourth-order valence-electron chi connectivity index (χ4n) is 2.23. The van der Waals surface area contributed by atoms with Crippen LogP contribution >= 0.6 is 0 Å². The van der Waals surface area contributed by atoms with Crippen LogP contribution in [0.4, 0.5) is 24.8 Å². The number of halogens is 3. The molecule has 0 radical (unpaired) electrons. The molecule has 2 aromatic heterocycles. The molecule has 3 heterocycles. The van der Waals surface area contributed by atoms with E-state index in [-0.39, 0.29) is 11.6 Å². The molecule has 20 heavy (non-hydrogen) atoms. The Balaban J connectivity index is 1.93. The first-order chi connectivity index (χ1) is 9.43. The van der Waals surface area contributed by atoms with E-state index in [0.29, 0.717) is 19.6 Å². The molecule has 5 nitrogen and oxygen atoms in total. The third kappa shape index (κ3) is 2.28. The van der Waals surface area contributed by atoms with Crippen LogP contribution in [0, 0.1) is 0 Å². The summed E-state index contributed by atoms with van der Waals surface area (Å²) in [7, 11) is 0. The van der Waals surface area contributed by atoms with Crippen molar-refractivity contribution in [2.24, 2.45) is 0 Å². The Hall–Kier alpha value is -2.25. The zero-order valence-corrected chi connectivity index (χ0v) is 10.4. The van der Waals surface area contributed by atoms with Crippen LogP contribution in [-0.4, -0.2) is 21.1 Å². The molecule has 0 atom stereocenters. The van der Waals surface area contributed by atoms with Crippen molar-refractivity contribution in [3.8, 4) is 0 Å². The Labute approximate surface area is 112 Å². The topological polar surface area (TPSA) is 60.0 Å². The maximum absolute atomic E-state index is 12.8. The van der Waals surface area contributed by atoms with Gasteiger partial charge in [0, 0.05) is 25.5 Å². The molecule has 0 unspecified atom stereocenters. The van der Waals surface area contributed by atoms with Gasteiger partial charge in [-0.1, -0.05) is 0 Å². The summed E-state index contributed by atoms with van der Waals surface area (Å²) in [4.78, 5) is 9.91. The van der Waals surface area contributed by atoms with Gasteiger partial charge in [0.25, 0.3) is 0 Å². The van der Waals surface area contributed by atoms with Crippen LogP contribution in [0.5, 0.6) is 0 Å². The third-order valence-corrected chi connectivity index (χ3v) is 3.23. The molecule has 0 aliphatic carbocycles. The van der Waals surface area contributed by atoms with Crippen LogP contribution in [0.2, 0.25) is 0 Å². The Morgan fingerprint density at radius 2 is 2.00 bits per heavy atom. The van der Waals surface area contributed by atoms with Crippen molar-refractivity contribution in [2.75, 3.05) is 17.2 Å². The number of rotatable bonds is 1. The van der Waals surface area contributed by atoms with E-state index < -0.39 is 11.7 Å². The van der Waals surface area contributed by atoms with Gasteiger partial charge in [-0.15, -0.1) is 0 Å². The van der Waals surface area contributed by atoms with E-state index >= 15 is 0 Å². The number of fused-ring (bicyclic) bond motifs is 1. The molecular weight excluding hydrogens is 271 g/mol. The summed E-state index contributed by atoms with van der Waals surface area (Å²) in [6.45, 7) is 1.64. The SMILES string of the molecule is Nc1cc(C(F)(F)F)cc(N2CCn3ccnc3C2)n1. The smallest absolute Gasteiger partial charge is 0.384 e. The first kappa shape index (κ1) is 12.8. The van der Waals surface area contributed by atoms with Crippen LogP contribution in [-0.2, 0) is 19.3 Å². The van der Waals surface area contributed by atoms with E-state index in [4.69, 9.17) is 5.73 Å². The number of imidazole rings is 1. The van der Waals surface area contributed by atoms with Crippen molar-refractivity contribution < 1.29 is 13.2 Å². The lowest BCUT2D eigenvalue weighted by molar-refractivity contribution is -0.137. The fraction of sp³-hybridized carbons (Fsp3) is 0.333. The summed E-state index contributed by atoms with van der Waals surface area (Å²) >= 11 is 0. The minimum atomic E-state index is -4.43. The lowest BCUT2D eigenvalue weighted by atomic mass is 10.2. The first-order valence-electron chi connectivity index (χ1n) is 6.03. The van der Waals surface area contributed by atoms with Crippen LogP contribution in [0.25, 0.3) is 0 Å². The molecule has 0 fully saturated rings. The zero-order valence-electron chi connectivity index (χ0n) is 10.4. The molecule has 2 N–H and O–H groups in total. The van der Waals surface area contributed by atoms with Crippen molar-refractivity contribution in [3.05, 3.63) is 35.9 Å². The number of nitrogens with two attached hydrogens (primary N) is 1. The van der Waals surface area contributed by atoms with E-state index in [1.807, 2.05) is 10.8 Å². The number of alkyl halides is 3. The second-order valence-corrected chi connectivity index (χ2v) is 4.60. The summed E-state index contributed by atoms with van der Waals surface area (Å²) < 4.78 is 40.3. The maximum atomic E-state index is 12.8. The summed E-state index contributed by atoms with van der Waals surface area (Å²) in [5, 5.41) is 0. The molecule has 8 heteroatoms. The summed E-state index contributed by atoms with van der Waals surface area (Å²) in [5.41, 5.74) is 4.70. The van der Waals surface area contributed by atoms with Crippen molar-refractivity contribution in [1.29, 1.82) is 0 Å². The van der Waals surface area contributed by atoms with Gasteiger partial charge in [-0.2, -0.15) is 13.2 Å². The lowest BCUT2D eigenvalue weighted by Crippen LogP contribution is -2.34. The highest BCUT2D eigenvalue weighted by Gasteiger charge is 2.32. The largest absolute Gasteiger partial charge is 0.416 e. The highest BCUT2D eigenvalue weighted by atomic mass is 19.4. The van der Waals surface area contributed by atoms with Crippen LogP contribution < -0.4 is 10.6 Å². The third-order valence-electron chi connectivity index (χ3n) is 3.23. The fourth-order valence-corrected chi connectivity index (χ4v) is 2.23. The molecule has 0 bridgehead atoms. The van der Waals surface area contributed by atoms with Gasteiger partial charge in [0.15, 0.2) is 0 Å². The molecule has 0 amide bonds. The average molecular weight is 283 g/mol. The molecule has 1 aliphatic rings. The Bertz CT molecular complexity index is 634. The van der Waals surface area contributed by atoms with Gasteiger partial charge in [-0.3, -0.25) is 0 Å². The number of nitrogens with zero attached hydrogens (tertiary/aromatic N) is 4. The Morgan fingerprint density at radius 3 is 2.75 bits per heavy atom. The predicted molar refractivity (Wildman–Crippen MR) is 66.9 cm³/mol. The van der Waals surface area contributed by atoms with Crippen molar-refractivity contribution >= 4 is 11.6 Å². The van der Waals surface area contributed by atoms with Gasteiger partial charge in [0.05, 0.1) is 12.1 Å². The number of hydrogen-bond donors (Lipinski definition) is 1. The van der Waals surface area contributed by atoms with E-state index in [0.717, 1.165) is 18.0 Å². The highest BCUT2D eigenvalue weighted by molar-refractivity contribution is 5.49. The Kier molecular flexibility index (Phi) is 2.81. The van der Waals surface area contributed by atoms with Gasteiger partial charge >= 0.3 is 6.18 Å². The first-order valence-corrected chi connectivity index (χ1v) is 6.03. The molecule has 0 aromatic carbocycles. The second kappa shape index (κ2) is 4.39. The molecule has 106 valence electrons. The quantitative estimate of drug-likeness (QED) is 0.868. The van der Waals surface area contributed by atoms with Crippen LogP contribution in [0.1, 0.15) is 11.4 Å². The number of nitrogen functional groups attached to an aromatic ring is 1. The minimum Gasteiger partial charge on any atom is -0.384 e. The molecule has 1 aliphatic heterocycles. The monoisotopic (exact) mass is 283 g/mol. The predicted octanol–water partition coefficient (Wildman–Crippen LogP) is 1.90. The summed E-state index contributed by atoms with van der Waals surface area (Å²) in [5.74, 6) is 0.893. The molecular formula is C12H12F3N5. The van der Waals surface area contributed by atoms with E-state index in [1.54, 1.807) is 11.1 Å². The standard InChI is InChI=1S/C12H12F3N5/c13-12(14,15)8-5-9(16)18-10(6-8)20-4-3-19-2-1-17-11(19)7-20/h1-2,5-6H,3-4,7H2,(H2,16,18). The van der Waals surface area contributed by atoms with Gasteiger partial charge in [-0.25, -0.2) is 9.97 Å². The number of pyridine rings is 1. The van der Waals surface area contributed by atoms with Crippen LogP contribution in [0.3, 0.4) is 0 Å². The minimum absolute atomic E-state index is 0.135. The molecule has 0 spiro atoms. The molecule has 0 saturated carbocycles. The number of hydrogen-bond acceptors (Lipinski definition) is 4. The summed E-state index contributed by atoms with van der Waals surface area (Å²) in [6.07, 6.45) is -0.909. The molecule has 0 saturated heterocycles. The number of aromatic nitrogens is 3. The highest BCUT2D eigenvalue weighted by Crippen LogP contribution is 2.32. The van der Waals surface area contributed by atoms with E-state index in [9.17, 15) is 13.2 Å².